The molecular formula is C9H10BrF2NO3S. The maximum atomic E-state index is 13.3. The molecule has 1 aromatic rings. The lowest BCUT2D eigenvalue weighted by Gasteiger charge is -2.10. The van der Waals surface area contributed by atoms with Gasteiger partial charge in [-0.05, 0) is 22.0 Å². The average Bonchev–Trinajstić information content (AvgIpc) is 2.21. The molecule has 0 aliphatic rings. The molecule has 8 heteroatoms. The lowest BCUT2D eigenvalue weighted by Crippen LogP contribution is -2.20. The predicted molar refractivity (Wildman–Crippen MR) is 63.3 cm³/mol. The first-order chi connectivity index (χ1) is 7.85. The monoisotopic (exact) mass is 329 g/mol. The fourth-order valence-electron chi connectivity index (χ4n) is 1.04. The Hall–Kier alpha value is -0.730. The van der Waals surface area contributed by atoms with E-state index in [-0.39, 0.29) is 22.5 Å². The largest absolute Gasteiger partial charge is 0.384 e. The molecule has 1 aromatic carbocycles. The van der Waals surface area contributed by atoms with Crippen LogP contribution in [0.5, 0.6) is 0 Å². The maximum Gasteiger partial charge on any atom is 0.235 e. The molecule has 0 bridgehead atoms. The molecule has 0 saturated heterocycles. The Balaban J connectivity index is 2.96. The number of anilines is 1. The Labute approximate surface area is 106 Å². The summed E-state index contributed by atoms with van der Waals surface area (Å²) in [5.41, 5.74) is -0.317. The maximum absolute atomic E-state index is 13.3. The first-order valence-electron chi connectivity index (χ1n) is 4.49. The number of hydrogen-bond acceptors (Lipinski definition) is 3. The summed E-state index contributed by atoms with van der Waals surface area (Å²) in [6.07, 6.45) is 0. The molecule has 0 aliphatic carbocycles. The van der Waals surface area contributed by atoms with Crippen molar-refractivity contribution >= 4 is 31.6 Å². The zero-order valence-corrected chi connectivity index (χ0v) is 11.2. The van der Waals surface area contributed by atoms with Crippen molar-refractivity contribution in [1.82, 2.24) is 0 Å². The molecular weight excluding hydrogens is 320 g/mol. The summed E-state index contributed by atoms with van der Waals surface area (Å²) in [4.78, 5) is 0. The second-order valence-electron chi connectivity index (χ2n) is 3.16. The molecule has 0 heterocycles. The fraction of sp³-hybridized carbons (Fsp3) is 0.333. The number of halogens is 3. The van der Waals surface area contributed by atoms with Crippen LogP contribution in [0.15, 0.2) is 16.6 Å². The van der Waals surface area contributed by atoms with Gasteiger partial charge in [0, 0.05) is 17.6 Å². The van der Waals surface area contributed by atoms with Gasteiger partial charge in [0.25, 0.3) is 0 Å². The van der Waals surface area contributed by atoms with E-state index in [1.54, 1.807) is 0 Å². The summed E-state index contributed by atoms with van der Waals surface area (Å²) in [7, 11) is -2.37. The summed E-state index contributed by atoms with van der Waals surface area (Å²) in [5, 5.41) is 0. The normalized spacial score (nSPS) is 11.5. The van der Waals surface area contributed by atoms with Gasteiger partial charge in [0.1, 0.15) is 5.82 Å². The predicted octanol–water partition coefficient (Wildman–Crippen LogP) is 2.12. The van der Waals surface area contributed by atoms with E-state index in [0.29, 0.717) is 6.07 Å². The van der Waals surface area contributed by atoms with Crippen molar-refractivity contribution in [2.75, 3.05) is 24.2 Å². The van der Waals surface area contributed by atoms with E-state index in [4.69, 9.17) is 0 Å². The Morgan fingerprint density at radius 1 is 1.41 bits per heavy atom. The fourth-order valence-corrected chi connectivity index (χ4v) is 2.68. The van der Waals surface area contributed by atoms with Crippen LogP contribution in [0.2, 0.25) is 0 Å². The van der Waals surface area contributed by atoms with Gasteiger partial charge in [0.05, 0.1) is 18.0 Å². The summed E-state index contributed by atoms with van der Waals surface area (Å²) < 4.78 is 55.7. The highest BCUT2D eigenvalue weighted by molar-refractivity contribution is 9.10. The van der Waals surface area contributed by atoms with Gasteiger partial charge in [-0.3, -0.25) is 4.72 Å². The number of hydrogen-bond donors (Lipinski definition) is 1. The molecule has 0 saturated carbocycles. The molecule has 96 valence electrons. The molecule has 0 radical (unpaired) electrons. The van der Waals surface area contributed by atoms with Crippen LogP contribution in [0.4, 0.5) is 14.5 Å². The van der Waals surface area contributed by atoms with Gasteiger partial charge in [-0.1, -0.05) is 0 Å². The van der Waals surface area contributed by atoms with Crippen molar-refractivity contribution < 1.29 is 21.9 Å². The minimum absolute atomic E-state index is 0.00371. The highest BCUT2D eigenvalue weighted by Gasteiger charge is 2.16. The topological polar surface area (TPSA) is 55.4 Å². The van der Waals surface area contributed by atoms with Crippen LogP contribution < -0.4 is 4.72 Å². The van der Waals surface area contributed by atoms with Crippen molar-refractivity contribution in [3.05, 3.63) is 28.2 Å². The van der Waals surface area contributed by atoms with Gasteiger partial charge >= 0.3 is 0 Å². The third-order valence-electron chi connectivity index (χ3n) is 1.82. The van der Waals surface area contributed by atoms with Crippen molar-refractivity contribution in [3.8, 4) is 0 Å². The number of benzene rings is 1. The number of ether oxygens (including phenoxy) is 1. The lowest BCUT2D eigenvalue weighted by atomic mass is 10.3. The Morgan fingerprint density at radius 2 is 2.06 bits per heavy atom. The molecule has 0 amide bonds. The van der Waals surface area contributed by atoms with Crippen LogP contribution in [-0.4, -0.2) is 27.9 Å². The van der Waals surface area contributed by atoms with Gasteiger partial charge in [-0.15, -0.1) is 0 Å². The van der Waals surface area contributed by atoms with Crippen LogP contribution in [-0.2, 0) is 14.8 Å². The van der Waals surface area contributed by atoms with E-state index in [9.17, 15) is 17.2 Å². The van der Waals surface area contributed by atoms with Crippen LogP contribution in [0, 0.1) is 11.6 Å². The molecule has 1 N–H and O–H groups in total. The van der Waals surface area contributed by atoms with Gasteiger partial charge in [-0.2, -0.15) is 0 Å². The number of methoxy groups -OCH3 is 1. The highest BCUT2D eigenvalue weighted by Crippen LogP contribution is 2.27. The third kappa shape index (κ3) is 4.21. The molecule has 0 atom stereocenters. The molecule has 0 unspecified atom stereocenters. The van der Waals surface area contributed by atoms with Crippen LogP contribution in [0.3, 0.4) is 0 Å². The lowest BCUT2D eigenvalue weighted by molar-refractivity contribution is 0.217. The van der Waals surface area contributed by atoms with Crippen LogP contribution >= 0.6 is 15.9 Å². The zero-order chi connectivity index (χ0) is 13.1. The molecule has 0 fully saturated rings. The van der Waals surface area contributed by atoms with Gasteiger partial charge < -0.3 is 4.74 Å². The standard InChI is InChI=1S/C9H10BrF2NO3S/c1-16-2-3-17(14,15)13-9-7(10)4-6(11)5-8(9)12/h4-5,13H,2-3H2,1H3. The Kier molecular flexibility index (Phi) is 4.84. The highest BCUT2D eigenvalue weighted by atomic mass is 79.9. The van der Waals surface area contributed by atoms with E-state index < -0.39 is 21.7 Å². The summed E-state index contributed by atoms with van der Waals surface area (Å²) in [6, 6.07) is 1.57. The summed E-state index contributed by atoms with van der Waals surface area (Å²) in [6.45, 7) is -0.0181. The average molecular weight is 330 g/mol. The van der Waals surface area contributed by atoms with Gasteiger partial charge in [-0.25, -0.2) is 17.2 Å². The SMILES string of the molecule is COCCS(=O)(=O)Nc1c(F)cc(F)cc1Br. The number of rotatable bonds is 5. The number of nitrogens with one attached hydrogen (secondary N) is 1. The smallest absolute Gasteiger partial charge is 0.235 e. The van der Waals surface area contributed by atoms with Crippen molar-refractivity contribution in [3.63, 3.8) is 0 Å². The summed E-state index contributed by atoms with van der Waals surface area (Å²) in [5.74, 6) is -2.10. The third-order valence-corrected chi connectivity index (χ3v) is 3.67. The van der Waals surface area contributed by atoms with E-state index in [1.807, 2.05) is 4.72 Å². The van der Waals surface area contributed by atoms with E-state index in [2.05, 4.69) is 20.7 Å². The molecule has 0 spiro atoms. The quantitative estimate of drug-likeness (QED) is 0.900. The summed E-state index contributed by atoms with van der Waals surface area (Å²) >= 11 is 2.88. The second kappa shape index (κ2) is 5.74. The van der Waals surface area contributed by atoms with Crippen LogP contribution in [0.25, 0.3) is 0 Å². The first-order valence-corrected chi connectivity index (χ1v) is 6.94. The van der Waals surface area contributed by atoms with E-state index in [0.717, 1.165) is 6.07 Å². The minimum Gasteiger partial charge on any atom is -0.384 e. The molecule has 0 aromatic heterocycles. The molecule has 17 heavy (non-hydrogen) atoms. The van der Waals surface area contributed by atoms with Gasteiger partial charge in [0.2, 0.25) is 10.0 Å². The number of sulfonamides is 1. The van der Waals surface area contributed by atoms with Crippen LogP contribution in [0.1, 0.15) is 0 Å². The van der Waals surface area contributed by atoms with Crippen molar-refractivity contribution in [1.29, 1.82) is 0 Å². The minimum atomic E-state index is -3.72. The molecule has 4 nitrogen and oxygen atoms in total. The van der Waals surface area contributed by atoms with Crippen molar-refractivity contribution in [2.24, 2.45) is 0 Å². The van der Waals surface area contributed by atoms with Gasteiger partial charge in [0.15, 0.2) is 5.82 Å². The molecule has 0 aliphatic heterocycles. The first kappa shape index (κ1) is 14.3. The van der Waals surface area contributed by atoms with E-state index >= 15 is 0 Å². The Bertz CT molecular complexity index is 484. The zero-order valence-electron chi connectivity index (χ0n) is 8.84. The molecule has 1 rings (SSSR count). The Morgan fingerprint density at radius 3 is 2.59 bits per heavy atom. The second-order valence-corrected chi connectivity index (χ2v) is 5.85. The van der Waals surface area contributed by atoms with E-state index in [1.165, 1.54) is 7.11 Å². The van der Waals surface area contributed by atoms with Crippen molar-refractivity contribution in [2.45, 2.75) is 0 Å².